The van der Waals surface area contributed by atoms with E-state index in [4.69, 9.17) is 11.1 Å². The topological polar surface area (TPSA) is 49.9 Å². The van der Waals surface area contributed by atoms with Gasteiger partial charge in [0.15, 0.2) is 0 Å². The zero-order chi connectivity index (χ0) is 6.99. The Morgan fingerprint density at radius 1 is 1.50 bits per heavy atom. The van der Waals surface area contributed by atoms with Gasteiger partial charge in [-0.15, -0.1) is 0 Å². The first kappa shape index (κ1) is 10.2. The summed E-state index contributed by atoms with van der Waals surface area (Å²) in [4.78, 5) is 0. The zero-order valence-electron chi connectivity index (χ0n) is 5.73. The summed E-state index contributed by atoms with van der Waals surface area (Å²) in [5, 5.41) is 6.45. The van der Waals surface area contributed by atoms with Crippen molar-refractivity contribution < 1.29 is 0 Å². The number of hydrogen-bond acceptors (Lipinski definition) is 2. The highest BCUT2D eigenvalue weighted by atomic mass is 14.5. The van der Waals surface area contributed by atoms with Crippen molar-refractivity contribution in [1.29, 1.82) is 5.41 Å². The molecular weight excluding hydrogens is 100 g/mol. The monoisotopic (exact) mass is 114 g/mol. The third kappa shape index (κ3) is 18.9. The zero-order valence-corrected chi connectivity index (χ0v) is 5.73. The van der Waals surface area contributed by atoms with Gasteiger partial charge >= 0.3 is 0 Å². The minimum absolute atomic E-state index is 0.671. The maximum atomic E-state index is 6.45. The first-order valence-electron chi connectivity index (χ1n) is 2.70. The van der Waals surface area contributed by atoms with E-state index in [1.807, 2.05) is 13.8 Å². The maximum absolute atomic E-state index is 6.45. The van der Waals surface area contributed by atoms with Crippen LogP contribution in [0, 0.1) is 5.41 Å². The largest absolute Gasteiger partial charge is 0.402 e. The average Bonchev–Trinajstić information content (AvgIpc) is 1.72. The molecule has 0 bridgehead atoms. The molecule has 8 heavy (non-hydrogen) atoms. The van der Waals surface area contributed by atoms with Crippen molar-refractivity contribution in [1.82, 2.24) is 0 Å². The minimum Gasteiger partial charge on any atom is -0.402 e. The number of hydrogen-bond donors (Lipinski definition) is 2. The van der Waals surface area contributed by atoms with Crippen LogP contribution in [0.5, 0.6) is 0 Å². The second kappa shape index (κ2) is 9.51. The molecule has 0 heterocycles. The minimum atomic E-state index is 0.671. The molecule has 0 fully saturated rings. The predicted octanol–water partition coefficient (Wildman–Crippen LogP) is 1.52. The standard InChI is InChI=1S/C4H8N2.C2H6/c1-4(6)2-3-5;1-2/h2-3,5H,6H2,1H3;1-2H3/b4-2-,5-3?;. The molecule has 0 aromatic rings. The van der Waals surface area contributed by atoms with Gasteiger partial charge in [0.2, 0.25) is 0 Å². The van der Waals surface area contributed by atoms with Crippen LogP contribution in [0.1, 0.15) is 20.8 Å². The lowest BCUT2D eigenvalue weighted by Crippen LogP contribution is -1.88. The van der Waals surface area contributed by atoms with Crippen molar-refractivity contribution in [2.45, 2.75) is 20.8 Å². The van der Waals surface area contributed by atoms with Crippen molar-refractivity contribution in [3.63, 3.8) is 0 Å². The van der Waals surface area contributed by atoms with Crippen LogP contribution in [-0.2, 0) is 0 Å². The summed E-state index contributed by atoms with van der Waals surface area (Å²) in [7, 11) is 0. The first-order valence-corrected chi connectivity index (χ1v) is 2.70. The fourth-order valence-electron chi connectivity index (χ4n) is 0.131. The quantitative estimate of drug-likeness (QED) is 0.499. The fourth-order valence-corrected chi connectivity index (χ4v) is 0.131. The van der Waals surface area contributed by atoms with Gasteiger partial charge in [-0.2, -0.15) is 0 Å². The predicted molar refractivity (Wildman–Crippen MR) is 38.1 cm³/mol. The van der Waals surface area contributed by atoms with Gasteiger partial charge in [0.05, 0.1) is 0 Å². The number of nitrogens with two attached hydrogens (primary N) is 1. The maximum Gasteiger partial charge on any atom is 0.0194 e. The highest BCUT2D eigenvalue weighted by Crippen LogP contribution is 1.70. The Hall–Kier alpha value is -0.790. The molecule has 0 aromatic carbocycles. The van der Waals surface area contributed by atoms with E-state index in [1.165, 1.54) is 6.08 Å². The summed E-state index contributed by atoms with van der Waals surface area (Å²) in [6.07, 6.45) is 2.69. The van der Waals surface area contributed by atoms with Gasteiger partial charge in [0, 0.05) is 11.9 Å². The van der Waals surface area contributed by atoms with Crippen molar-refractivity contribution in [3.05, 3.63) is 11.8 Å². The molecule has 0 atom stereocenters. The SMILES string of the molecule is C/C(N)=C/C=N.CC. The molecule has 0 saturated heterocycles. The third-order valence-corrected chi connectivity index (χ3v) is 0.346. The van der Waals surface area contributed by atoms with Crippen LogP contribution in [0.25, 0.3) is 0 Å². The molecule has 0 aliphatic carbocycles. The van der Waals surface area contributed by atoms with Crippen LogP contribution >= 0.6 is 0 Å². The van der Waals surface area contributed by atoms with Gasteiger partial charge in [-0.25, -0.2) is 0 Å². The molecule has 2 nitrogen and oxygen atoms in total. The Balaban J connectivity index is 0. The molecule has 0 aliphatic heterocycles. The number of allylic oxidation sites excluding steroid dienone is 2. The number of nitrogens with one attached hydrogen (secondary N) is 1. The lowest BCUT2D eigenvalue weighted by molar-refractivity contribution is 1.32. The fraction of sp³-hybridized carbons (Fsp3) is 0.500. The van der Waals surface area contributed by atoms with Crippen LogP contribution in [0.3, 0.4) is 0 Å². The molecule has 0 amide bonds. The summed E-state index contributed by atoms with van der Waals surface area (Å²) < 4.78 is 0. The van der Waals surface area contributed by atoms with E-state index in [0.29, 0.717) is 5.70 Å². The first-order chi connectivity index (χ1) is 3.77. The van der Waals surface area contributed by atoms with E-state index < -0.39 is 0 Å². The number of rotatable bonds is 1. The normalized spacial score (nSPS) is 9.12. The van der Waals surface area contributed by atoms with Gasteiger partial charge < -0.3 is 11.1 Å². The summed E-state index contributed by atoms with van der Waals surface area (Å²) >= 11 is 0. The van der Waals surface area contributed by atoms with Crippen molar-refractivity contribution in [2.24, 2.45) is 5.73 Å². The van der Waals surface area contributed by atoms with Crippen LogP contribution in [-0.4, -0.2) is 6.21 Å². The van der Waals surface area contributed by atoms with Crippen molar-refractivity contribution >= 4 is 6.21 Å². The third-order valence-electron chi connectivity index (χ3n) is 0.346. The Bertz CT molecular complexity index is 70.6. The van der Waals surface area contributed by atoms with E-state index in [2.05, 4.69) is 0 Å². The molecule has 0 aromatic heterocycles. The average molecular weight is 114 g/mol. The molecule has 48 valence electrons. The van der Waals surface area contributed by atoms with E-state index in [0.717, 1.165) is 6.21 Å². The second-order valence-electron chi connectivity index (χ2n) is 1.08. The van der Waals surface area contributed by atoms with Gasteiger partial charge in [-0.05, 0) is 13.0 Å². The Labute approximate surface area is 50.9 Å². The summed E-state index contributed by atoms with van der Waals surface area (Å²) in [6, 6.07) is 0. The van der Waals surface area contributed by atoms with Crippen molar-refractivity contribution in [2.75, 3.05) is 0 Å². The van der Waals surface area contributed by atoms with Gasteiger partial charge in [-0.1, -0.05) is 13.8 Å². The van der Waals surface area contributed by atoms with Gasteiger partial charge in [-0.3, -0.25) is 0 Å². The Morgan fingerprint density at radius 3 is 1.88 bits per heavy atom. The second-order valence-corrected chi connectivity index (χ2v) is 1.08. The van der Waals surface area contributed by atoms with Gasteiger partial charge in [0.25, 0.3) is 0 Å². The molecule has 0 aliphatic rings. The Morgan fingerprint density at radius 2 is 1.88 bits per heavy atom. The molecule has 0 unspecified atom stereocenters. The molecular formula is C6H14N2. The molecule has 0 rings (SSSR count). The molecule has 0 spiro atoms. The Kier molecular flexibility index (Phi) is 12.2. The molecule has 3 N–H and O–H groups in total. The van der Waals surface area contributed by atoms with Crippen LogP contribution in [0.4, 0.5) is 0 Å². The van der Waals surface area contributed by atoms with E-state index >= 15 is 0 Å². The molecule has 2 heteroatoms. The van der Waals surface area contributed by atoms with Crippen LogP contribution in [0.2, 0.25) is 0 Å². The highest BCUT2D eigenvalue weighted by Gasteiger charge is 1.64. The van der Waals surface area contributed by atoms with E-state index in [1.54, 1.807) is 6.92 Å². The lowest BCUT2D eigenvalue weighted by atomic mass is 10.5. The van der Waals surface area contributed by atoms with Gasteiger partial charge in [0.1, 0.15) is 0 Å². The molecule has 0 radical (unpaired) electrons. The summed E-state index contributed by atoms with van der Waals surface area (Å²) in [5.41, 5.74) is 5.78. The smallest absolute Gasteiger partial charge is 0.0194 e. The van der Waals surface area contributed by atoms with Crippen molar-refractivity contribution in [3.8, 4) is 0 Å². The molecule has 0 saturated carbocycles. The van der Waals surface area contributed by atoms with Crippen LogP contribution < -0.4 is 5.73 Å². The summed E-state index contributed by atoms with van der Waals surface area (Å²) in [6.45, 7) is 5.74. The van der Waals surface area contributed by atoms with E-state index in [-0.39, 0.29) is 0 Å². The highest BCUT2D eigenvalue weighted by molar-refractivity contribution is 5.68. The van der Waals surface area contributed by atoms with E-state index in [9.17, 15) is 0 Å². The summed E-state index contributed by atoms with van der Waals surface area (Å²) in [5.74, 6) is 0. The van der Waals surface area contributed by atoms with Crippen LogP contribution in [0.15, 0.2) is 11.8 Å². The lowest BCUT2D eigenvalue weighted by Gasteiger charge is -1.77.